The number of benzene rings is 2. The molecule has 34 heavy (non-hydrogen) atoms. The molecular weight excluding hydrogens is 416 g/mol. The largest absolute Gasteiger partial charge is 0.508 e. The number of aliphatic hydroxyl groups excluding tert-OH is 2. The third-order valence-electron chi connectivity index (χ3n) is 9.16. The van der Waals surface area contributed by atoms with E-state index in [1.54, 1.807) is 6.08 Å². The van der Waals surface area contributed by atoms with Gasteiger partial charge in [-0.1, -0.05) is 36.4 Å². The second kappa shape index (κ2) is 6.96. The van der Waals surface area contributed by atoms with Crippen LogP contribution in [0.5, 0.6) is 0 Å². The summed E-state index contributed by atoms with van der Waals surface area (Å²) in [7, 11) is 0. The maximum Gasteiger partial charge on any atom is 0.112 e. The average Bonchev–Trinajstić information content (AvgIpc) is 3.12. The number of fused-ring (bicyclic) bond motifs is 8. The van der Waals surface area contributed by atoms with Crippen molar-refractivity contribution in [2.24, 2.45) is 5.92 Å². The average molecular weight is 449 g/mol. The van der Waals surface area contributed by atoms with Gasteiger partial charge in [0.15, 0.2) is 0 Å². The fourth-order valence-corrected chi connectivity index (χ4v) is 7.08. The highest BCUT2D eigenvalue weighted by atomic mass is 16.3. The number of aryl methyl sites for hydroxylation is 1. The van der Waals surface area contributed by atoms with E-state index in [9.17, 15) is 10.2 Å². The Morgan fingerprint density at radius 2 is 1.56 bits per heavy atom. The van der Waals surface area contributed by atoms with Crippen LogP contribution in [-0.4, -0.2) is 16.3 Å². The molecule has 0 amide bonds. The fraction of sp³-hybridized carbons (Fsp3) is 0.312. The quantitative estimate of drug-likeness (QED) is 0.456. The van der Waals surface area contributed by atoms with Crippen molar-refractivity contribution < 1.29 is 10.2 Å². The lowest BCUT2D eigenvalue weighted by atomic mass is 9.55. The van der Waals surface area contributed by atoms with E-state index in [1.165, 1.54) is 72.4 Å². The van der Waals surface area contributed by atoms with E-state index in [2.05, 4.69) is 71.9 Å². The highest BCUT2D eigenvalue weighted by Crippen LogP contribution is 2.65. The Hall–Kier alpha value is -3.10. The molecule has 2 heteroatoms. The molecule has 1 spiro atoms. The first kappa shape index (κ1) is 21.4. The lowest BCUT2D eigenvalue weighted by molar-refractivity contribution is 0.214. The van der Waals surface area contributed by atoms with Crippen LogP contribution in [0.2, 0.25) is 0 Å². The maximum atomic E-state index is 10.8. The van der Waals surface area contributed by atoms with Gasteiger partial charge in [0.1, 0.15) is 5.76 Å². The summed E-state index contributed by atoms with van der Waals surface area (Å²) in [5.41, 5.74) is 16.6. The van der Waals surface area contributed by atoms with Gasteiger partial charge in [-0.2, -0.15) is 0 Å². The summed E-state index contributed by atoms with van der Waals surface area (Å²) in [5.74, 6) is 0.284. The fourth-order valence-electron chi connectivity index (χ4n) is 7.08. The van der Waals surface area contributed by atoms with Crippen LogP contribution in [0.1, 0.15) is 50.9 Å². The minimum absolute atomic E-state index is 0.0303. The van der Waals surface area contributed by atoms with E-state index in [-0.39, 0.29) is 5.92 Å². The maximum absolute atomic E-state index is 10.8. The van der Waals surface area contributed by atoms with E-state index in [0.29, 0.717) is 12.2 Å². The standard InChI is InChI=1S/C32H32O2/c1-16-7-12-26-29(17(16)2)30-20(5)18(3)19(4)21(6)31(30)32(26)27-14-24(33)10-8-22(27)13-23-9-11-25(34)15-28(23)32/h7-14,25,27,33-34H,15H2,1-6H3. The summed E-state index contributed by atoms with van der Waals surface area (Å²) < 4.78 is 0. The zero-order chi connectivity index (χ0) is 24.1. The smallest absolute Gasteiger partial charge is 0.112 e. The molecular formula is C32H32O2. The van der Waals surface area contributed by atoms with Crippen LogP contribution < -0.4 is 0 Å². The highest BCUT2D eigenvalue weighted by molar-refractivity contribution is 5.92. The molecule has 0 aliphatic heterocycles. The van der Waals surface area contributed by atoms with Gasteiger partial charge in [0.25, 0.3) is 0 Å². The molecule has 0 fully saturated rings. The van der Waals surface area contributed by atoms with Crippen molar-refractivity contribution in [3.63, 3.8) is 0 Å². The van der Waals surface area contributed by atoms with Gasteiger partial charge in [-0.15, -0.1) is 0 Å². The van der Waals surface area contributed by atoms with Gasteiger partial charge in [0, 0.05) is 12.3 Å². The van der Waals surface area contributed by atoms with Crippen molar-refractivity contribution in [3.8, 4) is 11.1 Å². The van der Waals surface area contributed by atoms with Crippen LogP contribution in [0.15, 0.2) is 71.1 Å². The number of hydrogen-bond acceptors (Lipinski definition) is 2. The van der Waals surface area contributed by atoms with E-state index in [4.69, 9.17) is 0 Å². The molecule has 4 aliphatic rings. The lowest BCUT2D eigenvalue weighted by Crippen LogP contribution is -2.42. The molecule has 0 aromatic heterocycles. The summed E-state index contributed by atoms with van der Waals surface area (Å²) in [6.45, 7) is 13.5. The Bertz CT molecular complexity index is 1460. The summed E-state index contributed by atoms with van der Waals surface area (Å²) in [6.07, 6.45) is 12.3. The second-order valence-electron chi connectivity index (χ2n) is 10.6. The molecule has 0 bridgehead atoms. The third kappa shape index (κ3) is 2.45. The molecule has 0 saturated carbocycles. The molecule has 2 N–H and O–H groups in total. The van der Waals surface area contributed by atoms with Crippen molar-refractivity contribution in [2.75, 3.05) is 0 Å². The Kier molecular flexibility index (Phi) is 4.39. The SMILES string of the molecule is Cc1ccc2c(c1C)-c1c(C)c(C)c(C)c(C)c1C21C2=C(C=CC(O)C2)C=C2C=CC(O)=CC21. The van der Waals surface area contributed by atoms with Gasteiger partial charge in [0.2, 0.25) is 0 Å². The third-order valence-corrected chi connectivity index (χ3v) is 9.16. The van der Waals surface area contributed by atoms with Gasteiger partial charge in [0.05, 0.1) is 11.5 Å². The van der Waals surface area contributed by atoms with Crippen molar-refractivity contribution in [1.29, 1.82) is 0 Å². The topological polar surface area (TPSA) is 40.5 Å². The lowest BCUT2D eigenvalue weighted by Gasteiger charge is -2.47. The number of allylic oxidation sites excluding steroid dienone is 7. The van der Waals surface area contributed by atoms with Gasteiger partial charge in [-0.3, -0.25) is 0 Å². The first-order valence-corrected chi connectivity index (χ1v) is 12.3. The summed E-state index contributed by atoms with van der Waals surface area (Å²) >= 11 is 0. The van der Waals surface area contributed by atoms with Crippen molar-refractivity contribution in [3.05, 3.63) is 116 Å². The Labute approximate surface area is 202 Å². The molecule has 172 valence electrons. The number of rotatable bonds is 0. The van der Waals surface area contributed by atoms with E-state index < -0.39 is 11.5 Å². The van der Waals surface area contributed by atoms with Crippen LogP contribution in [0.4, 0.5) is 0 Å². The van der Waals surface area contributed by atoms with Gasteiger partial charge < -0.3 is 10.2 Å². The summed E-state index contributed by atoms with van der Waals surface area (Å²) in [5, 5.41) is 21.6. The first-order chi connectivity index (χ1) is 16.2. The minimum atomic E-state index is -0.505. The predicted molar refractivity (Wildman–Crippen MR) is 139 cm³/mol. The summed E-state index contributed by atoms with van der Waals surface area (Å²) in [4.78, 5) is 0. The van der Waals surface area contributed by atoms with Gasteiger partial charge in [-0.25, -0.2) is 0 Å². The number of aliphatic hydroxyl groups is 2. The monoisotopic (exact) mass is 448 g/mol. The number of hydrogen-bond donors (Lipinski definition) is 2. The van der Waals surface area contributed by atoms with E-state index in [1.807, 2.05) is 12.2 Å². The van der Waals surface area contributed by atoms with Gasteiger partial charge >= 0.3 is 0 Å². The molecule has 2 aromatic rings. The van der Waals surface area contributed by atoms with Crippen molar-refractivity contribution in [2.45, 2.75) is 59.5 Å². The Balaban J connectivity index is 1.87. The van der Waals surface area contributed by atoms with Crippen LogP contribution >= 0.6 is 0 Å². The highest BCUT2D eigenvalue weighted by Gasteiger charge is 2.56. The van der Waals surface area contributed by atoms with Gasteiger partial charge in [-0.05, 0) is 126 Å². The first-order valence-electron chi connectivity index (χ1n) is 12.3. The predicted octanol–water partition coefficient (Wildman–Crippen LogP) is 6.99. The Morgan fingerprint density at radius 1 is 0.824 bits per heavy atom. The van der Waals surface area contributed by atoms with Crippen LogP contribution in [0.25, 0.3) is 11.1 Å². The molecule has 0 radical (unpaired) electrons. The molecule has 0 saturated heterocycles. The van der Waals surface area contributed by atoms with Crippen LogP contribution in [0.3, 0.4) is 0 Å². The minimum Gasteiger partial charge on any atom is -0.508 e. The molecule has 4 aliphatic carbocycles. The van der Waals surface area contributed by atoms with Crippen LogP contribution in [0, 0.1) is 47.5 Å². The normalized spacial score (nSPS) is 26.2. The van der Waals surface area contributed by atoms with Crippen molar-refractivity contribution >= 4 is 0 Å². The van der Waals surface area contributed by atoms with E-state index in [0.717, 1.165) is 0 Å². The van der Waals surface area contributed by atoms with E-state index >= 15 is 0 Å². The summed E-state index contributed by atoms with van der Waals surface area (Å²) in [6, 6.07) is 4.57. The zero-order valence-electron chi connectivity index (χ0n) is 20.9. The molecule has 0 heterocycles. The Morgan fingerprint density at radius 3 is 2.32 bits per heavy atom. The molecule has 2 aromatic carbocycles. The van der Waals surface area contributed by atoms with Crippen molar-refractivity contribution in [1.82, 2.24) is 0 Å². The molecule has 3 unspecified atom stereocenters. The molecule has 6 rings (SSSR count). The second-order valence-corrected chi connectivity index (χ2v) is 10.6. The molecule has 2 nitrogen and oxygen atoms in total. The zero-order valence-corrected chi connectivity index (χ0v) is 20.9. The van der Waals surface area contributed by atoms with Crippen LogP contribution in [-0.2, 0) is 5.41 Å². The molecule has 3 atom stereocenters.